The normalized spacial score (nSPS) is 13.8. The number of carbonyl (C=O) groups is 1. The molecule has 1 aliphatic heterocycles. The van der Waals surface area contributed by atoms with Gasteiger partial charge in [0.1, 0.15) is 12.3 Å². The fourth-order valence-electron chi connectivity index (χ4n) is 3.86. The lowest BCUT2D eigenvalue weighted by Gasteiger charge is -2.36. The van der Waals surface area contributed by atoms with Crippen LogP contribution in [0.3, 0.4) is 0 Å². The fourth-order valence-corrected chi connectivity index (χ4v) is 3.86. The highest BCUT2D eigenvalue weighted by atomic mass is 16.5. The van der Waals surface area contributed by atoms with E-state index in [2.05, 4.69) is 9.88 Å². The molecule has 1 aliphatic rings. The van der Waals surface area contributed by atoms with Crippen LogP contribution in [0.1, 0.15) is 0 Å². The van der Waals surface area contributed by atoms with Crippen LogP contribution < -0.4 is 24.7 Å². The third-order valence-electron chi connectivity index (χ3n) is 5.69. The van der Waals surface area contributed by atoms with Crippen LogP contribution in [0.5, 0.6) is 17.2 Å². The van der Waals surface area contributed by atoms with Gasteiger partial charge in [-0.05, 0) is 18.2 Å². The number of carbonyl (C=O) groups excluding carboxylic acids is 1. The maximum atomic E-state index is 12.9. The SMILES string of the molecule is COc1cccc(N2CCN(C(=O)Cn3cnc4cc(OC)c(OC)cc4c3=O)CC2)c1. The minimum absolute atomic E-state index is 0.0602. The number of methoxy groups -OCH3 is 3. The maximum Gasteiger partial charge on any atom is 0.261 e. The van der Waals surface area contributed by atoms with Gasteiger partial charge >= 0.3 is 0 Å². The van der Waals surface area contributed by atoms with Crippen molar-refractivity contribution in [1.82, 2.24) is 14.5 Å². The average Bonchev–Trinajstić information content (AvgIpc) is 2.85. The molecule has 0 unspecified atom stereocenters. The first-order valence-electron chi connectivity index (χ1n) is 10.3. The highest BCUT2D eigenvalue weighted by Gasteiger charge is 2.22. The number of aromatic nitrogens is 2. The van der Waals surface area contributed by atoms with Crippen molar-refractivity contribution in [1.29, 1.82) is 0 Å². The number of benzene rings is 2. The largest absolute Gasteiger partial charge is 0.497 e. The Kier molecular flexibility index (Phi) is 6.16. The van der Waals surface area contributed by atoms with Gasteiger partial charge in [-0.2, -0.15) is 0 Å². The Balaban J connectivity index is 1.46. The van der Waals surface area contributed by atoms with Gasteiger partial charge in [-0.25, -0.2) is 4.98 Å². The summed E-state index contributed by atoms with van der Waals surface area (Å²) in [6, 6.07) is 11.1. The van der Waals surface area contributed by atoms with Crippen LogP contribution in [-0.2, 0) is 11.3 Å². The van der Waals surface area contributed by atoms with Gasteiger partial charge < -0.3 is 24.0 Å². The summed E-state index contributed by atoms with van der Waals surface area (Å²) < 4.78 is 17.2. The van der Waals surface area contributed by atoms with Crippen molar-refractivity contribution in [2.24, 2.45) is 0 Å². The monoisotopic (exact) mass is 438 g/mol. The maximum absolute atomic E-state index is 12.9. The van der Waals surface area contributed by atoms with E-state index in [-0.39, 0.29) is 18.0 Å². The summed E-state index contributed by atoms with van der Waals surface area (Å²) in [5, 5.41) is 0.376. The van der Waals surface area contributed by atoms with E-state index in [0.717, 1.165) is 11.4 Å². The Morgan fingerprint density at radius 3 is 2.38 bits per heavy atom. The van der Waals surface area contributed by atoms with E-state index in [1.54, 1.807) is 24.1 Å². The lowest BCUT2D eigenvalue weighted by Crippen LogP contribution is -2.50. The van der Waals surface area contributed by atoms with Crippen molar-refractivity contribution in [3.63, 3.8) is 0 Å². The number of hydrogen-bond donors (Lipinski definition) is 0. The number of nitrogens with zero attached hydrogens (tertiary/aromatic N) is 4. The second-order valence-corrected chi connectivity index (χ2v) is 7.47. The van der Waals surface area contributed by atoms with E-state index >= 15 is 0 Å². The first kappa shape index (κ1) is 21.5. The highest BCUT2D eigenvalue weighted by Crippen LogP contribution is 2.29. The van der Waals surface area contributed by atoms with Crippen LogP contribution >= 0.6 is 0 Å². The summed E-state index contributed by atoms with van der Waals surface area (Å²) >= 11 is 0. The Labute approximate surface area is 185 Å². The molecular formula is C23H26N4O5. The molecule has 32 heavy (non-hydrogen) atoms. The second-order valence-electron chi connectivity index (χ2n) is 7.47. The highest BCUT2D eigenvalue weighted by molar-refractivity contribution is 5.82. The van der Waals surface area contributed by atoms with Crippen molar-refractivity contribution in [3.05, 3.63) is 53.1 Å². The number of rotatable bonds is 6. The van der Waals surface area contributed by atoms with Gasteiger partial charge in [-0.1, -0.05) is 6.07 Å². The van der Waals surface area contributed by atoms with Gasteiger partial charge in [0.25, 0.3) is 5.56 Å². The summed E-state index contributed by atoms with van der Waals surface area (Å²) in [5.41, 5.74) is 1.26. The molecule has 0 spiro atoms. The van der Waals surface area contributed by atoms with E-state index < -0.39 is 0 Å². The van der Waals surface area contributed by atoms with Crippen LogP contribution in [0.25, 0.3) is 10.9 Å². The molecule has 0 aliphatic carbocycles. The van der Waals surface area contributed by atoms with Gasteiger partial charge in [-0.15, -0.1) is 0 Å². The van der Waals surface area contributed by atoms with Gasteiger partial charge in [0.05, 0.1) is 38.6 Å². The van der Waals surface area contributed by atoms with E-state index in [1.807, 2.05) is 24.3 Å². The van der Waals surface area contributed by atoms with Gasteiger partial charge in [0.15, 0.2) is 11.5 Å². The van der Waals surface area contributed by atoms with Crippen LogP contribution in [-0.4, -0.2) is 67.9 Å². The number of anilines is 1. The predicted molar refractivity (Wildman–Crippen MR) is 121 cm³/mol. The molecule has 168 valence electrons. The Bertz CT molecular complexity index is 1180. The van der Waals surface area contributed by atoms with E-state index in [4.69, 9.17) is 14.2 Å². The molecule has 2 heterocycles. The molecule has 1 saturated heterocycles. The van der Waals surface area contributed by atoms with E-state index in [9.17, 15) is 9.59 Å². The third-order valence-corrected chi connectivity index (χ3v) is 5.69. The summed E-state index contributed by atoms with van der Waals surface area (Å²) in [6.45, 7) is 2.52. The lowest BCUT2D eigenvalue weighted by atomic mass is 10.2. The zero-order chi connectivity index (χ0) is 22.7. The summed E-state index contributed by atoms with van der Waals surface area (Å²) in [4.78, 5) is 34.2. The van der Waals surface area contributed by atoms with Crippen molar-refractivity contribution in [2.45, 2.75) is 6.54 Å². The van der Waals surface area contributed by atoms with Crippen molar-refractivity contribution >= 4 is 22.5 Å². The third kappa shape index (κ3) is 4.18. The minimum Gasteiger partial charge on any atom is -0.497 e. The van der Waals surface area contributed by atoms with Crippen LogP contribution in [0.4, 0.5) is 5.69 Å². The number of piperazine rings is 1. The molecule has 0 N–H and O–H groups in total. The average molecular weight is 438 g/mol. The first-order chi connectivity index (χ1) is 15.5. The summed E-state index contributed by atoms with van der Waals surface area (Å²) in [6.07, 6.45) is 1.40. The first-order valence-corrected chi connectivity index (χ1v) is 10.3. The standard InChI is InChI=1S/C23H26N4O5/c1-30-17-6-4-5-16(11-17)25-7-9-26(10-8-25)22(28)14-27-15-24-19-13-21(32-3)20(31-2)12-18(19)23(27)29/h4-6,11-13,15H,7-10,14H2,1-3H3. The second kappa shape index (κ2) is 9.17. The molecule has 0 saturated carbocycles. The minimum atomic E-state index is -0.292. The van der Waals surface area contributed by atoms with E-state index in [1.165, 1.54) is 25.1 Å². The molecule has 4 rings (SSSR count). The molecule has 1 fully saturated rings. The molecule has 2 aromatic carbocycles. The molecule has 0 radical (unpaired) electrons. The molecule has 1 amide bonds. The number of fused-ring (bicyclic) bond motifs is 1. The molecule has 1 aromatic heterocycles. The van der Waals surface area contributed by atoms with E-state index in [0.29, 0.717) is 48.6 Å². The quantitative estimate of drug-likeness (QED) is 0.580. The molecule has 3 aromatic rings. The molecule has 9 heteroatoms. The van der Waals surface area contributed by atoms with Crippen LogP contribution in [0.15, 0.2) is 47.5 Å². The Morgan fingerprint density at radius 1 is 0.969 bits per heavy atom. The van der Waals surface area contributed by atoms with Crippen LogP contribution in [0.2, 0.25) is 0 Å². The van der Waals surface area contributed by atoms with Gasteiger partial charge in [0.2, 0.25) is 5.91 Å². The molecule has 0 bridgehead atoms. The fraction of sp³-hybridized carbons (Fsp3) is 0.348. The van der Waals surface area contributed by atoms with Gasteiger partial charge in [-0.3, -0.25) is 14.2 Å². The molecular weight excluding hydrogens is 412 g/mol. The summed E-state index contributed by atoms with van der Waals surface area (Å²) in [7, 11) is 4.68. The van der Waals surface area contributed by atoms with Crippen molar-refractivity contribution in [3.8, 4) is 17.2 Å². The molecule has 0 atom stereocenters. The topological polar surface area (TPSA) is 86.1 Å². The number of amides is 1. The van der Waals surface area contributed by atoms with Crippen molar-refractivity contribution in [2.75, 3.05) is 52.4 Å². The lowest BCUT2D eigenvalue weighted by molar-refractivity contribution is -0.132. The number of ether oxygens (including phenoxy) is 3. The summed E-state index contributed by atoms with van der Waals surface area (Å²) in [5.74, 6) is 1.63. The predicted octanol–water partition coefficient (Wildman–Crippen LogP) is 1.77. The smallest absolute Gasteiger partial charge is 0.261 e. The van der Waals surface area contributed by atoms with Crippen molar-refractivity contribution < 1.29 is 19.0 Å². The zero-order valence-electron chi connectivity index (χ0n) is 18.4. The van der Waals surface area contributed by atoms with Crippen LogP contribution in [0, 0.1) is 0 Å². The number of hydrogen-bond acceptors (Lipinski definition) is 7. The Morgan fingerprint density at radius 2 is 1.69 bits per heavy atom. The molecule has 9 nitrogen and oxygen atoms in total. The van der Waals surface area contributed by atoms with Gasteiger partial charge in [0, 0.05) is 44.0 Å². The zero-order valence-corrected chi connectivity index (χ0v) is 18.4. The Hall–Kier alpha value is -3.75.